The molecule has 0 radical (unpaired) electrons. The van der Waals surface area contributed by atoms with E-state index in [-0.39, 0.29) is 25.7 Å². The molecule has 0 unspecified atom stereocenters. The molecule has 0 bridgehead atoms. The second-order valence-electron chi connectivity index (χ2n) is 12.3. The highest BCUT2D eigenvalue weighted by Gasteiger charge is 2.51. The summed E-state index contributed by atoms with van der Waals surface area (Å²) in [7, 11) is 3.36. The lowest BCUT2D eigenvalue weighted by molar-refractivity contribution is 0.00578. The van der Waals surface area contributed by atoms with Crippen molar-refractivity contribution in [3.8, 4) is 22.3 Å². The Balaban J connectivity index is 0.000000152. The maximum atomic E-state index is 5.90. The van der Waals surface area contributed by atoms with Crippen molar-refractivity contribution in [2.75, 3.05) is 0 Å². The Kier molecular flexibility index (Phi) is 11.3. The first-order valence-electron chi connectivity index (χ1n) is 15.5. The number of pyridine rings is 3. The third kappa shape index (κ3) is 7.83. The molecule has 8 rings (SSSR count). The third-order valence-electron chi connectivity index (χ3n) is 8.40. The van der Waals surface area contributed by atoms with Crippen LogP contribution in [0.4, 0.5) is 0 Å². The molecule has 7 aromatic rings. The molecule has 5 aromatic heterocycles. The van der Waals surface area contributed by atoms with Gasteiger partial charge in [0.15, 0.2) is 0 Å². The van der Waals surface area contributed by atoms with E-state index in [0.29, 0.717) is 0 Å². The van der Waals surface area contributed by atoms with Crippen molar-refractivity contribution in [3.05, 3.63) is 107 Å². The van der Waals surface area contributed by atoms with Crippen molar-refractivity contribution in [3.63, 3.8) is 0 Å². The number of hydrogen-bond acceptors (Lipinski definition) is 9. The lowest BCUT2D eigenvalue weighted by Gasteiger charge is -2.32. The molecule has 1 aliphatic heterocycles. The molecule has 0 aliphatic carbocycles. The number of aromatic nitrogens is 9. The minimum Gasteiger partial charge on any atom is -0.399 e. The summed E-state index contributed by atoms with van der Waals surface area (Å²) in [4.78, 5) is 15.3. The molecule has 0 N–H and O–H groups in total. The Morgan fingerprint density at radius 1 is 0.520 bits per heavy atom. The summed E-state index contributed by atoms with van der Waals surface area (Å²) < 4.78 is 13.7. The van der Waals surface area contributed by atoms with Gasteiger partial charge in [-0.25, -0.2) is 0 Å². The molecule has 50 heavy (non-hydrogen) atoms. The second-order valence-corrected chi connectivity index (χ2v) is 14.0. The topological polar surface area (TPSA) is 119 Å². The van der Waals surface area contributed by atoms with Crippen LogP contribution in [0.5, 0.6) is 0 Å². The molecule has 1 fully saturated rings. The fraction of sp³-hybridized carbons (Fsp3) is 0.250. The summed E-state index contributed by atoms with van der Waals surface area (Å²) in [6, 6.07) is 19.8. The highest BCUT2D eigenvalue weighted by Crippen LogP contribution is 2.36. The number of nitrogens with zero attached hydrogens (tertiary/aromatic N) is 9. The zero-order chi connectivity index (χ0) is 34.8. The Hall–Kier alpha value is -4.37. The maximum absolute atomic E-state index is 5.90. The van der Waals surface area contributed by atoms with Crippen LogP contribution in [0, 0.1) is 0 Å². The monoisotopic (exact) mass is 797 g/mol. The van der Waals surface area contributed by atoms with E-state index in [4.69, 9.17) is 9.31 Å². The van der Waals surface area contributed by atoms with Gasteiger partial charge < -0.3 is 9.31 Å². The molecule has 0 saturated carbocycles. The maximum Gasteiger partial charge on any atom is 0.494 e. The number of aryl methyl sites for hydroxylation is 2. The van der Waals surface area contributed by atoms with Crippen LogP contribution in [0.1, 0.15) is 35.1 Å². The number of fused-ring (bicyclic) bond motifs is 2. The lowest BCUT2D eigenvalue weighted by Crippen LogP contribution is -2.41. The molecule has 0 amide bonds. The van der Waals surface area contributed by atoms with Gasteiger partial charge >= 0.3 is 7.12 Å². The van der Waals surface area contributed by atoms with Gasteiger partial charge in [-0.1, -0.05) is 19.6 Å². The predicted molar refractivity (Wildman–Crippen MR) is 206 cm³/mol. The van der Waals surface area contributed by atoms with Crippen LogP contribution < -0.4 is 5.46 Å². The van der Waals surface area contributed by atoms with E-state index in [2.05, 4.69) is 79.3 Å². The molecule has 2 aromatic carbocycles. The van der Waals surface area contributed by atoms with Gasteiger partial charge in [-0.05, 0) is 125 Å². The third-order valence-corrected chi connectivity index (χ3v) is 9.68. The lowest BCUT2D eigenvalue weighted by atomic mass is 9.80. The summed E-state index contributed by atoms with van der Waals surface area (Å²) >= 11 is 6.82. The summed E-state index contributed by atoms with van der Waals surface area (Å²) in [5.74, 6) is 0. The fourth-order valence-corrected chi connectivity index (χ4v) is 5.95. The molecular weight excluding hydrogens is 761 g/mol. The van der Waals surface area contributed by atoms with Crippen LogP contribution >= 0.6 is 31.9 Å². The van der Waals surface area contributed by atoms with Gasteiger partial charge in [0.1, 0.15) is 22.1 Å². The van der Waals surface area contributed by atoms with E-state index in [1.54, 1.807) is 53.8 Å². The van der Waals surface area contributed by atoms with Crippen LogP contribution in [-0.2, 0) is 23.4 Å². The average Bonchev–Trinajstić information content (AvgIpc) is 3.76. The highest BCUT2D eigenvalue weighted by molar-refractivity contribution is 9.11. The van der Waals surface area contributed by atoms with Crippen LogP contribution in [0.25, 0.3) is 44.3 Å². The van der Waals surface area contributed by atoms with E-state index >= 15 is 0 Å². The summed E-state index contributed by atoms with van der Waals surface area (Å²) in [5.41, 5.74) is 8.30. The highest BCUT2D eigenvalue weighted by atomic mass is 79.9. The molecule has 0 spiro atoms. The van der Waals surface area contributed by atoms with Gasteiger partial charge in [0.2, 0.25) is 0 Å². The van der Waals surface area contributed by atoms with Gasteiger partial charge in [-0.2, -0.15) is 30.0 Å². The zero-order valence-electron chi connectivity index (χ0n) is 27.9. The van der Waals surface area contributed by atoms with Crippen molar-refractivity contribution in [1.82, 2.24) is 44.9 Å². The van der Waals surface area contributed by atoms with Crippen LogP contribution in [-0.4, -0.2) is 63.3 Å². The molecule has 14 heteroatoms. The number of hydrogen-bond donors (Lipinski definition) is 0. The van der Waals surface area contributed by atoms with Crippen molar-refractivity contribution < 1.29 is 9.31 Å². The fourth-order valence-electron chi connectivity index (χ4n) is 5.15. The van der Waals surface area contributed by atoms with Gasteiger partial charge in [-0.3, -0.25) is 15.0 Å². The minimum atomic E-state index is -0.280. The average molecular weight is 799 g/mol. The standard InChI is InChI=1S/C17H13N5.C11H16BNO2.C7H5Br2N3.CH4/c1-22-20-16-14(12-4-8-18-9-5-12)2-3-15(17(16)21-22)13-6-10-19-11-7-13;1-10(2)11(3,4)15-12(14-10)9-5-7-13-8-6-9;1-12-10-6-4(8)2-3-5(9)7(6)11-12;/h2-11H,1H3;5-8H,1-4H3;2-3H,1H3;1H4. The Labute approximate surface area is 308 Å². The SMILES string of the molecule is C.CC1(C)OB(c2ccncc2)OC1(C)C.Cn1nc2c(-c3ccncc3)ccc(-c3ccncc3)c2n1.Cn1nc2c(Br)ccc(Br)c2n1. The Morgan fingerprint density at radius 3 is 1.24 bits per heavy atom. The molecule has 6 heterocycles. The molecule has 11 nitrogen and oxygen atoms in total. The van der Waals surface area contributed by atoms with Gasteiger partial charge in [0, 0.05) is 71.3 Å². The van der Waals surface area contributed by atoms with E-state index < -0.39 is 0 Å². The summed E-state index contributed by atoms with van der Waals surface area (Å²) in [6.07, 6.45) is 10.6. The second kappa shape index (κ2) is 15.3. The molecule has 1 aliphatic rings. The number of benzene rings is 2. The van der Waals surface area contributed by atoms with Gasteiger partial charge in [-0.15, -0.1) is 0 Å². The predicted octanol–water partition coefficient (Wildman–Crippen LogP) is 7.60. The largest absolute Gasteiger partial charge is 0.494 e. The van der Waals surface area contributed by atoms with Gasteiger partial charge in [0.05, 0.1) is 11.2 Å². The van der Waals surface area contributed by atoms with Crippen molar-refractivity contribution in [2.45, 2.75) is 46.3 Å². The van der Waals surface area contributed by atoms with Crippen molar-refractivity contribution in [1.29, 1.82) is 0 Å². The molecule has 256 valence electrons. The number of halogens is 2. The van der Waals surface area contributed by atoms with Crippen LogP contribution in [0.2, 0.25) is 0 Å². The van der Waals surface area contributed by atoms with E-state index in [1.165, 1.54) is 0 Å². The quantitative estimate of drug-likeness (QED) is 0.167. The molecule has 1 saturated heterocycles. The van der Waals surface area contributed by atoms with Crippen LogP contribution in [0.3, 0.4) is 0 Å². The van der Waals surface area contributed by atoms with Crippen molar-refractivity contribution in [2.24, 2.45) is 14.1 Å². The summed E-state index contributed by atoms with van der Waals surface area (Å²) in [6.45, 7) is 8.20. The number of rotatable bonds is 3. The van der Waals surface area contributed by atoms with Crippen LogP contribution in [0.15, 0.2) is 107 Å². The molecular formula is C36H38BBr2N9O2. The Bertz CT molecular complexity index is 2060. The van der Waals surface area contributed by atoms with Gasteiger partial charge in [0.25, 0.3) is 0 Å². The van der Waals surface area contributed by atoms with E-state index in [0.717, 1.165) is 58.7 Å². The molecule has 0 atom stereocenters. The van der Waals surface area contributed by atoms with E-state index in [1.807, 2.05) is 83.3 Å². The first-order chi connectivity index (χ1) is 23.4. The minimum absolute atomic E-state index is 0. The smallest absolute Gasteiger partial charge is 0.399 e. The first-order valence-corrected chi connectivity index (χ1v) is 17.1. The first kappa shape index (κ1) is 36.9. The van der Waals surface area contributed by atoms with E-state index in [9.17, 15) is 0 Å². The zero-order valence-corrected chi connectivity index (χ0v) is 31.1. The van der Waals surface area contributed by atoms with Crippen molar-refractivity contribution >= 4 is 66.5 Å². The normalized spacial score (nSPS) is 14.4. The Morgan fingerprint density at radius 2 is 0.860 bits per heavy atom. The summed E-state index contributed by atoms with van der Waals surface area (Å²) in [5, 5.41) is 17.5.